The molecule has 0 aliphatic carbocycles. The highest BCUT2D eigenvalue weighted by Crippen LogP contribution is 2.26. The van der Waals surface area contributed by atoms with Crippen LogP contribution in [0.15, 0.2) is 102 Å². The number of carbonyl (C=O) groups is 2. The van der Waals surface area contributed by atoms with E-state index < -0.39 is 40.5 Å². The summed E-state index contributed by atoms with van der Waals surface area (Å²) in [5.41, 5.74) is 0.684. The lowest BCUT2D eigenvalue weighted by atomic mass is 9.91. The molecule has 4 aromatic carbocycles. The largest absolute Gasteiger partial charge is 0.481 e. The monoisotopic (exact) mass is 504 g/mol. The summed E-state index contributed by atoms with van der Waals surface area (Å²) in [7, 11) is -3.96. The molecule has 0 aromatic heterocycles. The Morgan fingerprint density at radius 1 is 0.806 bits per heavy atom. The molecule has 4 aromatic rings. The van der Waals surface area contributed by atoms with Crippen LogP contribution in [-0.4, -0.2) is 43.2 Å². The average Bonchev–Trinajstić information content (AvgIpc) is 2.88. The third-order valence-corrected chi connectivity index (χ3v) is 7.13. The molecule has 0 heterocycles. The van der Waals surface area contributed by atoms with Crippen LogP contribution in [0.4, 0.5) is 5.69 Å². The first kappa shape index (κ1) is 24.9. The Labute approximate surface area is 208 Å². The topological polar surface area (TPSA) is 133 Å². The second-order valence-corrected chi connectivity index (χ2v) is 9.87. The van der Waals surface area contributed by atoms with Crippen LogP contribution in [0.5, 0.6) is 0 Å². The van der Waals surface area contributed by atoms with Gasteiger partial charge in [0.15, 0.2) is 0 Å². The van der Waals surface area contributed by atoms with Gasteiger partial charge in [-0.2, -0.15) is 0 Å². The smallest absolute Gasteiger partial charge is 0.313 e. The first-order chi connectivity index (χ1) is 17.3. The van der Waals surface area contributed by atoms with Gasteiger partial charge in [-0.05, 0) is 52.7 Å². The van der Waals surface area contributed by atoms with E-state index in [0.29, 0.717) is 5.56 Å². The number of aliphatic hydroxyl groups is 1. The zero-order valence-corrected chi connectivity index (χ0v) is 19.9. The number of rotatable bonds is 9. The highest BCUT2D eigenvalue weighted by molar-refractivity contribution is 7.92. The maximum atomic E-state index is 13.0. The van der Waals surface area contributed by atoms with Crippen molar-refractivity contribution in [3.05, 3.63) is 108 Å². The van der Waals surface area contributed by atoms with Crippen molar-refractivity contribution >= 4 is 38.4 Å². The Bertz CT molecular complexity index is 1510. The maximum Gasteiger partial charge on any atom is 0.313 e. The minimum Gasteiger partial charge on any atom is -0.481 e. The number of nitrogens with one attached hydrogen (secondary N) is 2. The second-order valence-electron chi connectivity index (χ2n) is 8.18. The minimum absolute atomic E-state index is 0.0600. The molecule has 0 aliphatic heterocycles. The van der Waals surface area contributed by atoms with Gasteiger partial charge in [0.1, 0.15) is 5.92 Å². The predicted molar refractivity (Wildman–Crippen MR) is 136 cm³/mol. The number of anilines is 1. The Morgan fingerprint density at radius 3 is 2.19 bits per heavy atom. The van der Waals surface area contributed by atoms with Gasteiger partial charge in [-0.15, -0.1) is 0 Å². The second kappa shape index (κ2) is 10.6. The van der Waals surface area contributed by atoms with Gasteiger partial charge in [-0.3, -0.25) is 14.3 Å². The van der Waals surface area contributed by atoms with Crippen molar-refractivity contribution in [1.29, 1.82) is 0 Å². The van der Waals surface area contributed by atoms with E-state index in [2.05, 4.69) is 10.0 Å². The lowest BCUT2D eigenvalue weighted by Gasteiger charge is -2.24. The molecule has 4 N–H and O–H groups in total. The summed E-state index contributed by atoms with van der Waals surface area (Å²) in [6.45, 7) is -0.636. The highest BCUT2D eigenvalue weighted by atomic mass is 32.2. The van der Waals surface area contributed by atoms with Gasteiger partial charge < -0.3 is 15.5 Å². The number of sulfonamides is 1. The molecule has 0 fully saturated rings. The van der Waals surface area contributed by atoms with Crippen LogP contribution in [-0.2, 0) is 14.8 Å². The van der Waals surface area contributed by atoms with Crippen molar-refractivity contribution in [3.8, 4) is 0 Å². The van der Waals surface area contributed by atoms with Crippen LogP contribution in [0, 0.1) is 0 Å². The van der Waals surface area contributed by atoms with E-state index in [1.165, 1.54) is 30.3 Å². The Hall–Kier alpha value is -4.21. The third kappa shape index (κ3) is 5.54. The lowest BCUT2D eigenvalue weighted by molar-refractivity contribution is -0.139. The molecule has 0 saturated heterocycles. The normalized spacial score (nSPS) is 13.0. The maximum absolute atomic E-state index is 13.0. The number of benzene rings is 4. The summed E-state index contributed by atoms with van der Waals surface area (Å²) in [6, 6.07) is 25.1. The first-order valence-corrected chi connectivity index (χ1v) is 12.6. The summed E-state index contributed by atoms with van der Waals surface area (Å²) in [4.78, 5) is 24.8. The molecule has 0 bridgehead atoms. The Morgan fingerprint density at radius 2 is 1.50 bits per heavy atom. The highest BCUT2D eigenvalue weighted by Gasteiger charge is 2.31. The van der Waals surface area contributed by atoms with Crippen molar-refractivity contribution < 1.29 is 28.2 Å². The molecular weight excluding hydrogens is 480 g/mol. The van der Waals surface area contributed by atoms with Gasteiger partial charge >= 0.3 is 5.97 Å². The van der Waals surface area contributed by atoms with Gasteiger partial charge in [0.2, 0.25) is 0 Å². The summed E-state index contributed by atoms with van der Waals surface area (Å²) < 4.78 is 28.5. The van der Waals surface area contributed by atoms with E-state index in [1.807, 2.05) is 24.3 Å². The number of amides is 1. The molecule has 1 unspecified atom stereocenters. The quantitative estimate of drug-likeness (QED) is 0.275. The molecule has 184 valence electrons. The summed E-state index contributed by atoms with van der Waals surface area (Å²) in [5.74, 6) is -3.14. The van der Waals surface area contributed by atoms with E-state index in [0.717, 1.165) is 10.8 Å². The number of fused-ring (bicyclic) bond motifs is 1. The van der Waals surface area contributed by atoms with Crippen LogP contribution in [0.1, 0.15) is 21.8 Å². The van der Waals surface area contributed by atoms with Gasteiger partial charge in [0.05, 0.1) is 17.5 Å². The van der Waals surface area contributed by atoms with E-state index in [9.17, 15) is 28.2 Å². The van der Waals surface area contributed by atoms with E-state index in [1.54, 1.807) is 42.5 Å². The minimum atomic E-state index is -3.96. The summed E-state index contributed by atoms with van der Waals surface area (Å²) >= 11 is 0. The van der Waals surface area contributed by atoms with E-state index >= 15 is 0 Å². The third-order valence-electron chi connectivity index (χ3n) is 5.75. The predicted octanol–water partition coefficient (Wildman–Crippen LogP) is 3.60. The number of hydrogen-bond donors (Lipinski definition) is 4. The average molecular weight is 505 g/mol. The van der Waals surface area contributed by atoms with Crippen LogP contribution in [0.25, 0.3) is 10.8 Å². The van der Waals surface area contributed by atoms with Crippen LogP contribution in [0.2, 0.25) is 0 Å². The fourth-order valence-corrected chi connectivity index (χ4v) is 5.05. The molecule has 8 nitrogen and oxygen atoms in total. The standard InChI is InChI=1S/C27H24N2O6S/c30-17-24(28-26(31)19-8-2-1-3-9-19)25(27(32)33)21-11-6-12-22(15-21)29-36(34,35)23-14-13-18-7-4-5-10-20(18)16-23/h1-16,24-25,29-30H,17H2,(H,28,31)(H,32,33)/t24-,25?/m1/s1. The molecule has 0 aliphatic rings. The number of carbonyl (C=O) groups excluding carboxylic acids is 1. The number of hydrogen-bond acceptors (Lipinski definition) is 5. The molecule has 9 heteroatoms. The zero-order valence-electron chi connectivity index (χ0n) is 19.0. The molecule has 0 saturated carbocycles. The van der Waals surface area contributed by atoms with Gasteiger partial charge in [-0.1, -0.05) is 60.7 Å². The molecule has 1 amide bonds. The molecule has 0 radical (unpaired) electrons. The Balaban J connectivity index is 1.59. The van der Waals surface area contributed by atoms with E-state index in [-0.39, 0.29) is 16.1 Å². The number of carboxylic acids is 1. The summed E-state index contributed by atoms with van der Waals surface area (Å²) in [5, 5.41) is 24.0. The lowest BCUT2D eigenvalue weighted by Crippen LogP contribution is -2.44. The molecule has 36 heavy (non-hydrogen) atoms. The SMILES string of the molecule is O=C(N[C@H](CO)C(C(=O)O)c1cccc(NS(=O)(=O)c2ccc3ccccc3c2)c1)c1ccccc1. The molecule has 0 spiro atoms. The molecule has 4 rings (SSSR count). The first-order valence-electron chi connectivity index (χ1n) is 11.1. The van der Waals surface area contributed by atoms with Crippen molar-refractivity contribution in [2.45, 2.75) is 16.9 Å². The van der Waals surface area contributed by atoms with Crippen LogP contribution in [0.3, 0.4) is 0 Å². The summed E-state index contributed by atoms with van der Waals surface area (Å²) in [6.07, 6.45) is 0. The van der Waals surface area contributed by atoms with E-state index in [4.69, 9.17) is 0 Å². The van der Waals surface area contributed by atoms with Gasteiger partial charge in [0.25, 0.3) is 15.9 Å². The van der Waals surface area contributed by atoms with Crippen molar-refractivity contribution in [3.63, 3.8) is 0 Å². The molecule has 2 atom stereocenters. The number of aliphatic hydroxyl groups excluding tert-OH is 1. The van der Waals surface area contributed by atoms with Gasteiger partial charge in [0, 0.05) is 11.3 Å². The number of aliphatic carboxylic acids is 1. The molecular formula is C27H24N2O6S. The fourth-order valence-electron chi connectivity index (χ4n) is 3.97. The van der Waals surface area contributed by atoms with Gasteiger partial charge in [-0.25, -0.2) is 8.42 Å². The van der Waals surface area contributed by atoms with Crippen molar-refractivity contribution in [2.24, 2.45) is 0 Å². The zero-order chi connectivity index (χ0) is 25.7. The van der Waals surface area contributed by atoms with Crippen LogP contribution < -0.4 is 10.0 Å². The van der Waals surface area contributed by atoms with Crippen molar-refractivity contribution in [2.75, 3.05) is 11.3 Å². The van der Waals surface area contributed by atoms with Crippen molar-refractivity contribution in [1.82, 2.24) is 5.32 Å². The fraction of sp³-hybridized carbons (Fsp3) is 0.111. The Kier molecular flexibility index (Phi) is 7.33. The number of carboxylic acid groups (broad SMARTS) is 1. The van der Waals surface area contributed by atoms with Crippen LogP contribution >= 0.6 is 0 Å².